The molecule has 0 aliphatic carbocycles. The Labute approximate surface area is 130 Å². The highest BCUT2D eigenvalue weighted by molar-refractivity contribution is 7.90. The monoisotopic (exact) mass is 325 g/mol. The van der Waals surface area contributed by atoms with E-state index in [1.54, 1.807) is 24.0 Å². The molecular formula is C15H20FN3O2S. The van der Waals surface area contributed by atoms with Gasteiger partial charge in [-0.3, -0.25) is 4.68 Å². The molecule has 22 heavy (non-hydrogen) atoms. The van der Waals surface area contributed by atoms with Crippen LogP contribution in [0.4, 0.5) is 10.1 Å². The van der Waals surface area contributed by atoms with Crippen molar-refractivity contribution in [1.29, 1.82) is 0 Å². The summed E-state index contributed by atoms with van der Waals surface area (Å²) in [6.45, 7) is 0.633. The summed E-state index contributed by atoms with van der Waals surface area (Å²) in [6.07, 6.45) is 6.08. The second-order valence-electron chi connectivity index (χ2n) is 5.36. The zero-order chi connectivity index (χ0) is 16.2. The summed E-state index contributed by atoms with van der Waals surface area (Å²) in [5, 5.41) is 7.34. The third-order valence-electron chi connectivity index (χ3n) is 3.25. The lowest BCUT2D eigenvalue weighted by atomic mass is 10.1. The van der Waals surface area contributed by atoms with E-state index >= 15 is 0 Å². The van der Waals surface area contributed by atoms with Crippen molar-refractivity contribution in [3.63, 3.8) is 0 Å². The number of hydrogen-bond donors (Lipinski definition) is 1. The van der Waals surface area contributed by atoms with Crippen molar-refractivity contribution in [1.82, 2.24) is 9.78 Å². The van der Waals surface area contributed by atoms with Gasteiger partial charge in [-0.25, -0.2) is 12.8 Å². The first-order valence-corrected chi connectivity index (χ1v) is 9.11. The van der Waals surface area contributed by atoms with Crippen molar-refractivity contribution in [3.8, 4) is 11.1 Å². The predicted octanol–water partition coefficient (Wildman–Crippen LogP) is 2.46. The molecule has 0 aliphatic heterocycles. The number of hydrogen-bond acceptors (Lipinski definition) is 4. The number of aryl methyl sites for hydroxylation is 1. The van der Waals surface area contributed by atoms with E-state index in [9.17, 15) is 12.8 Å². The van der Waals surface area contributed by atoms with Gasteiger partial charge in [0.1, 0.15) is 15.7 Å². The first kappa shape index (κ1) is 16.5. The van der Waals surface area contributed by atoms with E-state index in [1.807, 2.05) is 6.20 Å². The van der Waals surface area contributed by atoms with Gasteiger partial charge in [0.05, 0.1) is 6.20 Å². The SMILES string of the molecule is Cn1cc(-c2cc(F)ccc2NCCCCS(C)(=O)=O)cn1. The second-order valence-corrected chi connectivity index (χ2v) is 7.62. The van der Waals surface area contributed by atoms with E-state index in [4.69, 9.17) is 0 Å². The summed E-state index contributed by atoms with van der Waals surface area (Å²) < 4.78 is 37.3. The van der Waals surface area contributed by atoms with Crippen molar-refractivity contribution >= 4 is 15.5 Å². The fourth-order valence-corrected chi connectivity index (χ4v) is 2.91. The zero-order valence-corrected chi connectivity index (χ0v) is 13.5. The smallest absolute Gasteiger partial charge is 0.147 e. The van der Waals surface area contributed by atoms with Gasteiger partial charge in [0.2, 0.25) is 0 Å². The standard InChI is InChI=1S/C15H20FN3O2S/c1-19-11-12(10-18-19)14-9-13(16)5-6-15(14)17-7-3-4-8-22(2,20)21/h5-6,9-11,17H,3-4,7-8H2,1-2H3. The van der Waals surface area contributed by atoms with Crippen LogP contribution >= 0.6 is 0 Å². The van der Waals surface area contributed by atoms with Crippen LogP contribution in [-0.4, -0.2) is 36.8 Å². The number of aromatic nitrogens is 2. The number of rotatable bonds is 7. The van der Waals surface area contributed by atoms with Gasteiger partial charge in [-0.2, -0.15) is 5.10 Å². The predicted molar refractivity (Wildman–Crippen MR) is 86.0 cm³/mol. The Morgan fingerprint density at radius 1 is 1.32 bits per heavy atom. The fourth-order valence-electron chi connectivity index (χ4n) is 2.18. The van der Waals surface area contributed by atoms with Crippen molar-refractivity contribution in [2.45, 2.75) is 12.8 Å². The van der Waals surface area contributed by atoms with Crippen molar-refractivity contribution in [2.24, 2.45) is 7.05 Å². The van der Waals surface area contributed by atoms with E-state index in [1.165, 1.54) is 18.4 Å². The Balaban J connectivity index is 2.02. The Kier molecular flexibility index (Phi) is 5.18. The molecule has 1 heterocycles. The Morgan fingerprint density at radius 3 is 2.73 bits per heavy atom. The van der Waals surface area contributed by atoms with Crippen LogP contribution in [0.2, 0.25) is 0 Å². The molecule has 7 heteroatoms. The van der Waals surface area contributed by atoms with Crippen LogP contribution in [0.5, 0.6) is 0 Å². The van der Waals surface area contributed by atoms with E-state index in [2.05, 4.69) is 10.4 Å². The molecular weight excluding hydrogens is 305 g/mol. The molecule has 0 amide bonds. The fraction of sp³-hybridized carbons (Fsp3) is 0.400. The minimum atomic E-state index is -2.91. The lowest BCUT2D eigenvalue weighted by Gasteiger charge is -2.11. The van der Waals surface area contributed by atoms with Gasteiger partial charge >= 0.3 is 0 Å². The molecule has 1 N–H and O–H groups in total. The van der Waals surface area contributed by atoms with Crippen LogP contribution in [-0.2, 0) is 16.9 Å². The Hall–Kier alpha value is -1.89. The van der Waals surface area contributed by atoms with Crippen molar-refractivity contribution < 1.29 is 12.8 Å². The molecule has 2 rings (SSSR count). The van der Waals surface area contributed by atoms with E-state index in [-0.39, 0.29) is 11.6 Å². The number of nitrogens with zero attached hydrogens (tertiary/aromatic N) is 2. The molecule has 0 saturated heterocycles. The lowest BCUT2D eigenvalue weighted by molar-refractivity contribution is 0.598. The van der Waals surface area contributed by atoms with Crippen LogP contribution in [0.15, 0.2) is 30.6 Å². The maximum atomic E-state index is 13.5. The molecule has 120 valence electrons. The quantitative estimate of drug-likeness (QED) is 0.794. The van der Waals surface area contributed by atoms with Gasteiger partial charge in [0.25, 0.3) is 0 Å². The first-order valence-electron chi connectivity index (χ1n) is 7.05. The maximum Gasteiger partial charge on any atom is 0.147 e. The lowest BCUT2D eigenvalue weighted by Crippen LogP contribution is -2.07. The molecule has 0 aliphatic rings. The Bertz CT molecular complexity index is 741. The highest BCUT2D eigenvalue weighted by Gasteiger charge is 2.08. The normalized spacial score (nSPS) is 11.6. The molecule has 0 saturated carbocycles. The molecule has 0 bridgehead atoms. The Morgan fingerprint density at radius 2 is 2.09 bits per heavy atom. The van der Waals surface area contributed by atoms with Crippen molar-refractivity contribution in [3.05, 3.63) is 36.4 Å². The second kappa shape index (κ2) is 6.91. The van der Waals surface area contributed by atoms with Crippen LogP contribution < -0.4 is 5.32 Å². The number of benzene rings is 1. The zero-order valence-electron chi connectivity index (χ0n) is 12.7. The number of anilines is 1. The minimum absolute atomic E-state index is 0.188. The number of unbranched alkanes of at least 4 members (excludes halogenated alkanes) is 1. The summed E-state index contributed by atoms with van der Waals surface area (Å²) in [5.41, 5.74) is 2.39. The number of sulfone groups is 1. The summed E-state index contributed by atoms with van der Waals surface area (Å²) in [7, 11) is -1.10. The summed E-state index contributed by atoms with van der Waals surface area (Å²) >= 11 is 0. The first-order chi connectivity index (χ1) is 10.3. The van der Waals surface area contributed by atoms with Gasteiger partial charge < -0.3 is 5.32 Å². The third-order valence-corrected chi connectivity index (χ3v) is 4.29. The van der Waals surface area contributed by atoms with Crippen LogP contribution in [0.1, 0.15) is 12.8 Å². The number of halogens is 1. The molecule has 0 atom stereocenters. The highest BCUT2D eigenvalue weighted by atomic mass is 32.2. The highest BCUT2D eigenvalue weighted by Crippen LogP contribution is 2.28. The van der Waals surface area contributed by atoms with Crippen LogP contribution in [0.3, 0.4) is 0 Å². The topological polar surface area (TPSA) is 64.0 Å². The molecule has 2 aromatic rings. The van der Waals surface area contributed by atoms with Crippen LogP contribution in [0, 0.1) is 5.82 Å². The molecule has 0 unspecified atom stereocenters. The van der Waals surface area contributed by atoms with E-state index in [0.29, 0.717) is 13.0 Å². The summed E-state index contributed by atoms with van der Waals surface area (Å²) in [4.78, 5) is 0. The maximum absolute atomic E-state index is 13.5. The third kappa shape index (κ3) is 4.84. The van der Waals surface area contributed by atoms with E-state index in [0.717, 1.165) is 23.2 Å². The molecule has 0 fully saturated rings. The minimum Gasteiger partial charge on any atom is -0.385 e. The number of nitrogens with one attached hydrogen (secondary N) is 1. The van der Waals surface area contributed by atoms with Gasteiger partial charge in [0.15, 0.2) is 0 Å². The molecule has 1 aromatic heterocycles. The van der Waals surface area contributed by atoms with Crippen molar-refractivity contribution in [2.75, 3.05) is 23.9 Å². The average Bonchev–Trinajstić information content (AvgIpc) is 2.85. The van der Waals surface area contributed by atoms with Gasteiger partial charge in [-0.1, -0.05) is 0 Å². The van der Waals surface area contributed by atoms with Gasteiger partial charge in [-0.05, 0) is 31.0 Å². The van der Waals surface area contributed by atoms with Gasteiger partial charge in [0, 0.05) is 48.6 Å². The van der Waals surface area contributed by atoms with Crippen LogP contribution in [0.25, 0.3) is 11.1 Å². The summed E-state index contributed by atoms with van der Waals surface area (Å²) in [6, 6.07) is 4.56. The molecule has 1 aromatic carbocycles. The van der Waals surface area contributed by atoms with E-state index < -0.39 is 9.84 Å². The summed E-state index contributed by atoms with van der Waals surface area (Å²) in [5.74, 6) is -0.116. The largest absolute Gasteiger partial charge is 0.385 e. The molecule has 0 radical (unpaired) electrons. The molecule has 0 spiro atoms. The molecule has 5 nitrogen and oxygen atoms in total. The van der Waals surface area contributed by atoms with Gasteiger partial charge in [-0.15, -0.1) is 0 Å². The average molecular weight is 325 g/mol.